The van der Waals surface area contributed by atoms with Crippen LogP contribution in [-0.4, -0.2) is 29.8 Å². The van der Waals surface area contributed by atoms with Crippen molar-refractivity contribution >= 4 is 0 Å². The van der Waals surface area contributed by atoms with Gasteiger partial charge in [0.2, 0.25) is 0 Å². The highest BCUT2D eigenvalue weighted by Gasteiger charge is 2.21. The summed E-state index contributed by atoms with van der Waals surface area (Å²) in [6.07, 6.45) is 1.60. The highest BCUT2D eigenvalue weighted by Crippen LogP contribution is 2.16. The van der Waals surface area contributed by atoms with Crippen LogP contribution in [0, 0.1) is 0 Å². The number of benzene rings is 1. The summed E-state index contributed by atoms with van der Waals surface area (Å²) in [5.41, 5.74) is 1.28. The Morgan fingerprint density at radius 3 is 2.89 bits per heavy atom. The lowest BCUT2D eigenvalue weighted by Crippen LogP contribution is -2.33. The first-order valence-corrected chi connectivity index (χ1v) is 6.60. The molecule has 5 heteroatoms. The molecule has 1 N–H and O–H groups in total. The van der Waals surface area contributed by atoms with Crippen molar-refractivity contribution in [2.24, 2.45) is 0 Å². The van der Waals surface area contributed by atoms with Crippen LogP contribution in [0.15, 0.2) is 34.9 Å². The van der Waals surface area contributed by atoms with Gasteiger partial charge in [0.15, 0.2) is 5.82 Å². The third-order valence-corrected chi connectivity index (χ3v) is 3.17. The summed E-state index contributed by atoms with van der Waals surface area (Å²) in [6, 6.07) is 10.3. The van der Waals surface area contributed by atoms with E-state index in [-0.39, 0.29) is 6.10 Å². The van der Waals surface area contributed by atoms with Crippen molar-refractivity contribution in [2.45, 2.75) is 18.9 Å². The molecule has 19 heavy (non-hydrogen) atoms. The number of ether oxygens (including phenoxy) is 1. The summed E-state index contributed by atoms with van der Waals surface area (Å²) in [4.78, 5) is 4.41. The smallest absolute Gasteiger partial charge is 0.257 e. The maximum Gasteiger partial charge on any atom is 0.257 e. The van der Waals surface area contributed by atoms with E-state index >= 15 is 0 Å². The average Bonchev–Trinajstić information content (AvgIpc) is 2.96. The SMILES string of the molecule is c1ccc(CCc2noc([C@@H]3CNCCO3)n2)cc1. The Hall–Kier alpha value is -1.72. The predicted octanol–water partition coefficient (Wildman–Crippen LogP) is 1.52. The molecule has 0 bridgehead atoms. The topological polar surface area (TPSA) is 60.2 Å². The van der Waals surface area contributed by atoms with E-state index < -0.39 is 0 Å². The maximum absolute atomic E-state index is 5.58. The first kappa shape index (κ1) is 12.3. The van der Waals surface area contributed by atoms with E-state index in [1.54, 1.807) is 0 Å². The van der Waals surface area contributed by atoms with Gasteiger partial charge in [-0.3, -0.25) is 0 Å². The van der Waals surface area contributed by atoms with E-state index in [0.717, 1.165) is 31.8 Å². The third-order valence-electron chi connectivity index (χ3n) is 3.17. The largest absolute Gasteiger partial charge is 0.366 e. The molecule has 1 fully saturated rings. The van der Waals surface area contributed by atoms with E-state index in [4.69, 9.17) is 9.26 Å². The van der Waals surface area contributed by atoms with Crippen molar-refractivity contribution in [1.29, 1.82) is 0 Å². The molecule has 0 saturated carbocycles. The Kier molecular flexibility index (Phi) is 3.86. The minimum atomic E-state index is -0.105. The second-order valence-corrected chi connectivity index (χ2v) is 4.60. The standard InChI is InChI=1S/C14H17N3O2/c1-2-4-11(5-3-1)6-7-13-16-14(19-17-13)12-10-15-8-9-18-12/h1-5,12,15H,6-10H2/t12-/m0/s1. The molecule has 0 radical (unpaired) electrons. The molecule has 1 atom stereocenters. The zero-order chi connectivity index (χ0) is 12.9. The van der Waals surface area contributed by atoms with Crippen LogP contribution in [0.2, 0.25) is 0 Å². The van der Waals surface area contributed by atoms with Crippen molar-refractivity contribution in [3.8, 4) is 0 Å². The van der Waals surface area contributed by atoms with Crippen molar-refractivity contribution in [2.75, 3.05) is 19.7 Å². The van der Waals surface area contributed by atoms with Crippen molar-refractivity contribution in [3.63, 3.8) is 0 Å². The van der Waals surface area contributed by atoms with Crippen LogP contribution in [-0.2, 0) is 17.6 Å². The molecule has 0 aliphatic carbocycles. The molecule has 2 aromatic rings. The minimum Gasteiger partial charge on any atom is -0.366 e. The fraction of sp³-hybridized carbons (Fsp3) is 0.429. The van der Waals surface area contributed by atoms with E-state index in [2.05, 4.69) is 27.6 Å². The number of hydrogen-bond donors (Lipinski definition) is 1. The molecule has 0 amide bonds. The molecule has 0 unspecified atom stereocenters. The Balaban J connectivity index is 1.58. The molecule has 2 heterocycles. The van der Waals surface area contributed by atoms with E-state index in [1.165, 1.54) is 5.56 Å². The van der Waals surface area contributed by atoms with Gasteiger partial charge >= 0.3 is 0 Å². The number of rotatable bonds is 4. The molecule has 1 aliphatic rings. The number of nitrogens with zero attached hydrogens (tertiary/aromatic N) is 2. The van der Waals surface area contributed by atoms with Gasteiger partial charge in [-0.1, -0.05) is 35.5 Å². The van der Waals surface area contributed by atoms with Crippen molar-refractivity contribution in [3.05, 3.63) is 47.6 Å². The van der Waals surface area contributed by atoms with Gasteiger partial charge in [-0.15, -0.1) is 0 Å². The first-order valence-electron chi connectivity index (χ1n) is 6.60. The van der Waals surface area contributed by atoms with E-state index in [1.807, 2.05) is 18.2 Å². The van der Waals surface area contributed by atoms with Crippen LogP contribution in [0.25, 0.3) is 0 Å². The zero-order valence-corrected chi connectivity index (χ0v) is 10.7. The summed E-state index contributed by atoms with van der Waals surface area (Å²) in [5, 5.41) is 7.26. The summed E-state index contributed by atoms with van der Waals surface area (Å²) in [7, 11) is 0. The molecule has 1 saturated heterocycles. The molecular formula is C14H17N3O2. The lowest BCUT2D eigenvalue weighted by atomic mass is 10.1. The predicted molar refractivity (Wildman–Crippen MR) is 69.7 cm³/mol. The second kappa shape index (κ2) is 5.95. The van der Waals surface area contributed by atoms with Crippen LogP contribution < -0.4 is 5.32 Å². The van der Waals surface area contributed by atoms with Crippen LogP contribution >= 0.6 is 0 Å². The first-order chi connectivity index (χ1) is 9.42. The second-order valence-electron chi connectivity index (χ2n) is 4.60. The summed E-state index contributed by atoms with van der Waals surface area (Å²) < 4.78 is 10.8. The van der Waals surface area contributed by atoms with Gasteiger partial charge in [-0.25, -0.2) is 0 Å². The molecule has 100 valence electrons. The molecule has 1 aliphatic heterocycles. The Morgan fingerprint density at radius 2 is 2.11 bits per heavy atom. The fourth-order valence-electron chi connectivity index (χ4n) is 2.12. The number of morpholine rings is 1. The van der Waals surface area contributed by atoms with Gasteiger partial charge in [0.05, 0.1) is 6.61 Å². The van der Waals surface area contributed by atoms with Gasteiger partial charge in [0, 0.05) is 19.5 Å². The van der Waals surface area contributed by atoms with Crippen LogP contribution in [0.5, 0.6) is 0 Å². The van der Waals surface area contributed by atoms with Gasteiger partial charge in [-0.2, -0.15) is 4.98 Å². The zero-order valence-electron chi connectivity index (χ0n) is 10.7. The molecule has 0 spiro atoms. The Labute approximate surface area is 112 Å². The monoisotopic (exact) mass is 259 g/mol. The number of aromatic nitrogens is 2. The van der Waals surface area contributed by atoms with Crippen LogP contribution in [0.1, 0.15) is 23.4 Å². The summed E-state index contributed by atoms with van der Waals surface area (Å²) in [6.45, 7) is 2.30. The van der Waals surface area contributed by atoms with E-state index in [0.29, 0.717) is 12.5 Å². The van der Waals surface area contributed by atoms with Crippen LogP contribution in [0.4, 0.5) is 0 Å². The number of aryl methyl sites for hydroxylation is 2. The van der Waals surface area contributed by atoms with Crippen LogP contribution in [0.3, 0.4) is 0 Å². The van der Waals surface area contributed by atoms with Gasteiger partial charge in [0.1, 0.15) is 6.10 Å². The Morgan fingerprint density at radius 1 is 1.21 bits per heavy atom. The van der Waals surface area contributed by atoms with Crippen molar-refractivity contribution in [1.82, 2.24) is 15.5 Å². The average molecular weight is 259 g/mol. The van der Waals surface area contributed by atoms with Gasteiger partial charge in [-0.05, 0) is 12.0 Å². The molecule has 1 aromatic carbocycles. The summed E-state index contributed by atoms with van der Waals surface area (Å²) >= 11 is 0. The highest BCUT2D eigenvalue weighted by molar-refractivity contribution is 5.15. The quantitative estimate of drug-likeness (QED) is 0.902. The highest BCUT2D eigenvalue weighted by atomic mass is 16.5. The normalized spacial score (nSPS) is 19.5. The summed E-state index contributed by atoms with van der Waals surface area (Å²) in [5.74, 6) is 1.32. The van der Waals surface area contributed by atoms with Crippen molar-refractivity contribution < 1.29 is 9.26 Å². The lowest BCUT2D eigenvalue weighted by molar-refractivity contribution is 0.00755. The molecule has 3 rings (SSSR count). The van der Waals surface area contributed by atoms with Gasteiger partial charge in [0.25, 0.3) is 5.89 Å². The maximum atomic E-state index is 5.58. The lowest BCUT2D eigenvalue weighted by Gasteiger charge is -2.19. The third kappa shape index (κ3) is 3.19. The molecular weight excluding hydrogens is 242 g/mol. The van der Waals surface area contributed by atoms with E-state index in [9.17, 15) is 0 Å². The molecule has 1 aromatic heterocycles. The molecule has 5 nitrogen and oxygen atoms in total. The Bertz CT molecular complexity index is 506. The van der Waals surface area contributed by atoms with Gasteiger partial charge < -0.3 is 14.6 Å². The minimum absolute atomic E-state index is 0.105. The number of nitrogens with one attached hydrogen (secondary N) is 1. The number of hydrogen-bond acceptors (Lipinski definition) is 5. The fourth-order valence-corrected chi connectivity index (χ4v) is 2.12.